The van der Waals surface area contributed by atoms with Gasteiger partial charge in [0.1, 0.15) is 0 Å². The lowest BCUT2D eigenvalue weighted by Gasteiger charge is -2.54. The predicted octanol–water partition coefficient (Wildman–Crippen LogP) is 5.62. The minimum Gasteiger partial charge on any atom is -0.0649 e. The smallest absolute Gasteiger partial charge is 0.0297 e. The van der Waals surface area contributed by atoms with Crippen molar-refractivity contribution in [2.45, 2.75) is 68.2 Å². The average Bonchev–Trinajstić information content (AvgIpc) is 2.33. The first-order valence-electron chi connectivity index (χ1n) is 7.80. The highest BCUT2D eigenvalue weighted by Crippen LogP contribution is 2.54. The van der Waals surface area contributed by atoms with Crippen LogP contribution < -0.4 is 0 Å². The third-order valence-corrected chi connectivity index (χ3v) is 6.87. The zero-order chi connectivity index (χ0) is 13.4. The Bertz CT molecular complexity index is 222. The minimum atomic E-state index is 0.543. The van der Waals surface area contributed by atoms with E-state index in [0.29, 0.717) is 5.41 Å². The molecular formula is C17H34. The molecule has 0 aromatic carbocycles. The number of hydrogen-bond acceptors (Lipinski definition) is 0. The predicted molar refractivity (Wildman–Crippen MR) is 78.0 cm³/mol. The van der Waals surface area contributed by atoms with Crippen molar-refractivity contribution in [2.24, 2.45) is 40.9 Å². The lowest BCUT2D eigenvalue weighted by molar-refractivity contribution is -0.0534. The Morgan fingerprint density at radius 2 is 0.941 bits per heavy atom. The maximum absolute atomic E-state index is 2.53. The van der Waals surface area contributed by atoms with Crippen LogP contribution >= 0.6 is 0 Å². The third-order valence-electron chi connectivity index (χ3n) is 6.87. The molecule has 0 saturated heterocycles. The first-order valence-corrected chi connectivity index (χ1v) is 7.80. The van der Waals surface area contributed by atoms with Crippen molar-refractivity contribution in [1.82, 2.24) is 0 Å². The molecule has 0 bridgehead atoms. The fourth-order valence-corrected chi connectivity index (χ4v) is 4.56. The molecule has 0 aromatic rings. The van der Waals surface area contributed by atoms with Crippen LogP contribution in [0.3, 0.4) is 0 Å². The summed E-state index contributed by atoms with van der Waals surface area (Å²) in [6, 6.07) is 0. The van der Waals surface area contributed by atoms with Gasteiger partial charge in [0.05, 0.1) is 0 Å². The minimum absolute atomic E-state index is 0.543. The van der Waals surface area contributed by atoms with Gasteiger partial charge >= 0.3 is 0 Å². The van der Waals surface area contributed by atoms with Crippen LogP contribution in [-0.4, -0.2) is 0 Å². The van der Waals surface area contributed by atoms with E-state index in [9.17, 15) is 0 Å². The molecule has 0 nitrogen and oxygen atoms in total. The van der Waals surface area contributed by atoms with Crippen molar-refractivity contribution in [3.8, 4) is 0 Å². The first kappa shape index (κ1) is 15.1. The van der Waals surface area contributed by atoms with Crippen LogP contribution in [0.25, 0.3) is 0 Å². The molecule has 0 aliphatic heterocycles. The van der Waals surface area contributed by atoms with Gasteiger partial charge in [-0.25, -0.2) is 0 Å². The summed E-state index contributed by atoms with van der Waals surface area (Å²) in [5.41, 5.74) is 0.543. The summed E-state index contributed by atoms with van der Waals surface area (Å²) in [6.07, 6.45) is 2.66. The van der Waals surface area contributed by atoms with Crippen molar-refractivity contribution in [3.05, 3.63) is 0 Å². The maximum Gasteiger partial charge on any atom is -0.0297 e. The molecule has 0 heteroatoms. The molecule has 0 N–H and O–H groups in total. The van der Waals surface area contributed by atoms with Crippen molar-refractivity contribution >= 4 is 0 Å². The second kappa shape index (κ2) is 5.33. The molecule has 0 aromatic heterocycles. The van der Waals surface area contributed by atoms with Crippen LogP contribution in [-0.2, 0) is 0 Å². The summed E-state index contributed by atoms with van der Waals surface area (Å²) in [4.78, 5) is 0. The molecule has 4 atom stereocenters. The molecule has 0 spiro atoms. The Hall–Kier alpha value is 0. The molecule has 0 amide bonds. The van der Waals surface area contributed by atoms with Crippen molar-refractivity contribution in [2.75, 3.05) is 0 Å². The summed E-state index contributed by atoms with van der Waals surface area (Å²) in [7, 11) is 0. The molecule has 1 aliphatic carbocycles. The topological polar surface area (TPSA) is 0 Å². The van der Waals surface area contributed by atoms with Crippen molar-refractivity contribution in [1.29, 1.82) is 0 Å². The Morgan fingerprint density at radius 1 is 0.647 bits per heavy atom. The molecule has 1 saturated carbocycles. The molecule has 1 aliphatic rings. The van der Waals surface area contributed by atoms with Gasteiger partial charge in [0.25, 0.3) is 0 Å². The van der Waals surface area contributed by atoms with E-state index in [1.54, 1.807) is 0 Å². The van der Waals surface area contributed by atoms with Crippen LogP contribution in [0, 0.1) is 40.9 Å². The van der Waals surface area contributed by atoms with Crippen LogP contribution in [0.1, 0.15) is 68.2 Å². The Kier molecular flexibility index (Phi) is 4.72. The van der Waals surface area contributed by atoms with Crippen LogP contribution in [0.15, 0.2) is 0 Å². The van der Waals surface area contributed by atoms with E-state index < -0.39 is 0 Å². The lowest BCUT2D eigenvalue weighted by atomic mass is 9.51. The lowest BCUT2D eigenvalue weighted by Crippen LogP contribution is -2.47. The van der Waals surface area contributed by atoms with Crippen LogP contribution in [0.4, 0.5) is 0 Å². The summed E-state index contributed by atoms with van der Waals surface area (Å²) >= 11 is 0. The van der Waals surface area contributed by atoms with E-state index >= 15 is 0 Å². The fourth-order valence-electron chi connectivity index (χ4n) is 4.56. The van der Waals surface area contributed by atoms with Gasteiger partial charge in [0.2, 0.25) is 0 Å². The Labute approximate surface area is 110 Å². The van der Waals surface area contributed by atoms with E-state index in [4.69, 9.17) is 0 Å². The van der Waals surface area contributed by atoms with Crippen molar-refractivity contribution < 1.29 is 0 Å². The van der Waals surface area contributed by atoms with E-state index in [-0.39, 0.29) is 0 Å². The highest BCUT2D eigenvalue weighted by Gasteiger charge is 2.47. The Morgan fingerprint density at radius 3 is 1.24 bits per heavy atom. The fraction of sp³-hybridized carbons (Fsp3) is 1.00. The highest BCUT2D eigenvalue weighted by atomic mass is 14.5. The molecule has 1 rings (SSSR count). The van der Waals surface area contributed by atoms with Crippen molar-refractivity contribution in [3.63, 3.8) is 0 Å². The van der Waals surface area contributed by atoms with Crippen LogP contribution in [0.5, 0.6) is 0 Å². The molecule has 1 fully saturated rings. The zero-order valence-corrected chi connectivity index (χ0v) is 13.4. The van der Waals surface area contributed by atoms with E-state index in [2.05, 4.69) is 55.4 Å². The van der Waals surface area contributed by atoms with Gasteiger partial charge < -0.3 is 0 Å². The summed E-state index contributed by atoms with van der Waals surface area (Å²) in [6.45, 7) is 19.8. The Balaban J connectivity index is 3.05. The largest absolute Gasteiger partial charge is 0.0649 e. The zero-order valence-electron chi connectivity index (χ0n) is 13.4. The first-order chi connectivity index (χ1) is 7.80. The average molecular weight is 238 g/mol. The molecular weight excluding hydrogens is 204 g/mol. The number of hydrogen-bond donors (Lipinski definition) is 0. The van der Waals surface area contributed by atoms with Gasteiger partial charge in [-0.1, -0.05) is 68.2 Å². The molecule has 102 valence electrons. The summed E-state index contributed by atoms with van der Waals surface area (Å²) in [5.74, 6) is 5.29. The quantitative estimate of drug-likeness (QED) is 0.598. The third kappa shape index (κ3) is 2.42. The SMILES string of the molecule is CCC(C)(CC)C1C(C)C(C)C(C)C(C)C1C. The summed E-state index contributed by atoms with van der Waals surface area (Å²) in [5, 5.41) is 0. The normalized spacial score (nSPS) is 43.8. The summed E-state index contributed by atoms with van der Waals surface area (Å²) < 4.78 is 0. The van der Waals surface area contributed by atoms with Gasteiger partial charge in [-0.3, -0.25) is 0 Å². The van der Waals surface area contributed by atoms with Gasteiger partial charge in [0, 0.05) is 0 Å². The van der Waals surface area contributed by atoms with Gasteiger partial charge in [0.15, 0.2) is 0 Å². The molecule has 4 unspecified atom stereocenters. The van der Waals surface area contributed by atoms with Gasteiger partial charge in [-0.2, -0.15) is 0 Å². The van der Waals surface area contributed by atoms with E-state index in [1.807, 2.05) is 0 Å². The molecule has 17 heavy (non-hydrogen) atoms. The number of rotatable bonds is 3. The van der Waals surface area contributed by atoms with E-state index in [0.717, 1.165) is 35.5 Å². The second-order valence-corrected chi connectivity index (χ2v) is 7.18. The maximum atomic E-state index is 2.53. The van der Waals surface area contributed by atoms with Gasteiger partial charge in [-0.05, 0) is 40.9 Å². The molecule has 0 radical (unpaired) electrons. The standard InChI is InChI=1S/C17H34/c1-9-17(8,10-2)16-14(6)12(4)11(3)13(5)15(16)7/h11-16H,9-10H2,1-8H3. The van der Waals surface area contributed by atoms with Crippen LogP contribution in [0.2, 0.25) is 0 Å². The highest BCUT2D eigenvalue weighted by molar-refractivity contribution is 4.96. The second-order valence-electron chi connectivity index (χ2n) is 7.18. The monoisotopic (exact) mass is 238 g/mol. The van der Waals surface area contributed by atoms with E-state index in [1.165, 1.54) is 12.8 Å². The molecule has 0 heterocycles. The van der Waals surface area contributed by atoms with Gasteiger partial charge in [-0.15, -0.1) is 0 Å².